The van der Waals surface area contributed by atoms with E-state index in [1.54, 1.807) is 0 Å². The van der Waals surface area contributed by atoms with Crippen LogP contribution in [0.25, 0.3) is 0 Å². The third kappa shape index (κ3) is 2.66. The van der Waals surface area contributed by atoms with E-state index in [2.05, 4.69) is 18.2 Å². The van der Waals surface area contributed by atoms with Gasteiger partial charge in [-0.25, -0.2) is 0 Å². The number of carbonyl (C=O) groups excluding carboxylic acids is 1. The zero-order valence-corrected chi connectivity index (χ0v) is 11.5. The quantitative estimate of drug-likeness (QED) is 0.923. The summed E-state index contributed by atoms with van der Waals surface area (Å²) in [5.74, 6) is 0.0779. The number of aryl methyl sites for hydroxylation is 2. The number of hydrogen-bond acceptors (Lipinski definition) is 2. The highest BCUT2D eigenvalue weighted by Gasteiger charge is 2.17. The highest BCUT2D eigenvalue weighted by Crippen LogP contribution is 2.23. The van der Waals surface area contributed by atoms with Crippen LogP contribution in [0.1, 0.15) is 34.7 Å². The molecule has 102 valence electrons. The molecule has 1 aliphatic carbocycles. The van der Waals surface area contributed by atoms with Crippen LogP contribution < -0.4 is 5.73 Å². The van der Waals surface area contributed by atoms with Crippen LogP contribution in [-0.4, -0.2) is 5.78 Å². The topological polar surface area (TPSA) is 43.1 Å². The van der Waals surface area contributed by atoms with Gasteiger partial charge in [0.05, 0.1) is 6.04 Å². The molecule has 0 amide bonds. The molecule has 0 saturated heterocycles. The minimum Gasteiger partial charge on any atom is -0.318 e. The van der Waals surface area contributed by atoms with Crippen LogP contribution in [0.15, 0.2) is 48.5 Å². The molecule has 2 N–H and O–H groups in total. The second kappa shape index (κ2) is 5.59. The lowest BCUT2D eigenvalue weighted by Crippen LogP contribution is -2.23. The molecule has 3 rings (SSSR count). The van der Waals surface area contributed by atoms with Gasteiger partial charge < -0.3 is 5.73 Å². The maximum absolute atomic E-state index is 12.3. The minimum absolute atomic E-state index is 0.0779. The number of hydrogen-bond donors (Lipinski definition) is 1. The van der Waals surface area contributed by atoms with Crippen molar-refractivity contribution >= 4 is 5.78 Å². The number of nitrogens with two attached hydrogens (primary N) is 1. The van der Waals surface area contributed by atoms with E-state index in [0.29, 0.717) is 6.42 Å². The zero-order chi connectivity index (χ0) is 13.9. The molecule has 0 bridgehead atoms. The maximum Gasteiger partial charge on any atom is 0.158 e. The summed E-state index contributed by atoms with van der Waals surface area (Å²) in [4.78, 5) is 12.3. The van der Waals surface area contributed by atoms with Crippen molar-refractivity contribution in [1.29, 1.82) is 0 Å². The van der Waals surface area contributed by atoms with Crippen molar-refractivity contribution in [2.45, 2.75) is 31.7 Å². The van der Waals surface area contributed by atoms with Crippen LogP contribution >= 0.6 is 0 Å². The number of rotatable bonds is 4. The lowest BCUT2D eigenvalue weighted by atomic mass is 9.96. The number of carbonyl (C=O) groups is 1. The fourth-order valence-electron chi connectivity index (χ4n) is 2.89. The monoisotopic (exact) mass is 265 g/mol. The first-order valence-corrected chi connectivity index (χ1v) is 7.18. The number of ketones is 1. The van der Waals surface area contributed by atoms with Crippen LogP contribution in [0.2, 0.25) is 0 Å². The van der Waals surface area contributed by atoms with Gasteiger partial charge in [0.25, 0.3) is 0 Å². The molecule has 2 aromatic carbocycles. The molecule has 2 nitrogen and oxygen atoms in total. The Bertz CT molecular complexity index is 619. The van der Waals surface area contributed by atoms with Gasteiger partial charge >= 0.3 is 0 Å². The highest BCUT2D eigenvalue weighted by molar-refractivity contribution is 5.87. The fourth-order valence-corrected chi connectivity index (χ4v) is 2.89. The van der Waals surface area contributed by atoms with Gasteiger partial charge in [-0.1, -0.05) is 48.5 Å². The van der Waals surface area contributed by atoms with Gasteiger partial charge in [0.15, 0.2) is 5.78 Å². The molecule has 1 aliphatic rings. The largest absolute Gasteiger partial charge is 0.318 e. The Kier molecular flexibility index (Phi) is 3.66. The van der Waals surface area contributed by atoms with Crippen LogP contribution in [0, 0.1) is 0 Å². The number of fused-ring (bicyclic) bond motifs is 1. The zero-order valence-electron chi connectivity index (χ0n) is 11.5. The molecule has 0 saturated carbocycles. The molecule has 0 heterocycles. The van der Waals surface area contributed by atoms with Crippen LogP contribution in [0.5, 0.6) is 0 Å². The summed E-state index contributed by atoms with van der Waals surface area (Å²) in [5.41, 5.74) is 10.9. The van der Waals surface area contributed by atoms with Crippen molar-refractivity contribution in [2.24, 2.45) is 5.73 Å². The summed E-state index contributed by atoms with van der Waals surface area (Å²) in [6.45, 7) is 0. The fraction of sp³-hybridized carbons (Fsp3) is 0.278. The average molecular weight is 265 g/mol. The summed E-state index contributed by atoms with van der Waals surface area (Å²) < 4.78 is 0. The standard InChI is InChI=1S/C18H19NO/c19-18(15-5-2-1-3-6-15)17(20)12-13-9-10-14-7-4-8-16(14)11-13/h1-3,5-6,9-11,18H,4,7-8,12,19H2/t18-/m1/s1. The summed E-state index contributed by atoms with van der Waals surface area (Å²) in [5, 5.41) is 0. The van der Waals surface area contributed by atoms with E-state index in [1.807, 2.05) is 30.3 Å². The number of benzene rings is 2. The van der Waals surface area contributed by atoms with Gasteiger partial charge in [-0.05, 0) is 41.5 Å². The van der Waals surface area contributed by atoms with E-state index in [4.69, 9.17) is 5.73 Å². The van der Waals surface area contributed by atoms with Gasteiger partial charge in [0, 0.05) is 6.42 Å². The molecule has 20 heavy (non-hydrogen) atoms. The smallest absolute Gasteiger partial charge is 0.158 e. The van der Waals surface area contributed by atoms with Crippen molar-refractivity contribution in [1.82, 2.24) is 0 Å². The third-order valence-corrected chi connectivity index (χ3v) is 4.05. The lowest BCUT2D eigenvalue weighted by molar-refractivity contribution is -0.119. The van der Waals surface area contributed by atoms with E-state index < -0.39 is 6.04 Å². The molecule has 2 aromatic rings. The Morgan fingerprint density at radius 1 is 1.05 bits per heavy atom. The van der Waals surface area contributed by atoms with Crippen LogP contribution in [0.3, 0.4) is 0 Å². The predicted molar refractivity (Wildman–Crippen MR) is 80.5 cm³/mol. The first-order chi connectivity index (χ1) is 9.74. The third-order valence-electron chi connectivity index (χ3n) is 4.05. The molecule has 0 unspecified atom stereocenters. The summed E-state index contributed by atoms with van der Waals surface area (Å²) in [6.07, 6.45) is 3.97. The van der Waals surface area contributed by atoms with Gasteiger partial charge in [-0.3, -0.25) is 4.79 Å². The molecule has 0 radical (unpaired) electrons. The van der Waals surface area contributed by atoms with Crippen LogP contribution in [0.4, 0.5) is 0 Å². The molecule has 2 heteroatoms. The Labute approximate surface area is 119 Å². The molecule has 0 aliphatic heterocycles. The van der Waals surface area contributed by atoms with Crippen molar-refractivity contribution < 1.29 is 4.79 Å². The van der Waals surface area contributed by atoms with Crippen molar-refractivity contribution in [3.05, 3.63) is 70.8 Å². The second-order valence-corrected chi connectivity index (χ2v) is 5.49. The first kappa shape index (κ1) is 13.1. The minimum atomic E-state index is -0.524. The van der Waals surface area contributed by atoms with Gasteiger partial charge in [0.1, 0.15) is 0 Å². The van der Waals surface area contributed by atoms with E-state index in [0.717, 1.165) is 17.5 Å². The summed E-state index contributed by atoms with van der Waals surface area (Å²) in [7, 11) is 0. The Morgan fingerprint density at radius 3 is 2.60 bits per heavy atom. The molecule has 0 spiro atoms. The second-order valence-electron chi connectivity index (χ2n) is 5.49. The summed E-state index contributed by atoms with van der Waals surface area (Å²) in [6, 6.07) is 15.5. The van der Waals surface area contributed by atoms with Crippen molar-refractivity contribution in [2.75, 3.05) is 0 Å². The first-order valence-electron chi connectivity index (χ1n) is 7.18. The van der Waals surface area contributed by atoms with E-state index >= 15 is 0 Å². The van der Waals surface area contributed by atoms with E-state index in [9.17, 15) is 4.79 Å². The Balaban J connectivity index is 1.73. The van der Waals surface area contributed by atoms with E-state index in [-0.39, 0.29) is 5.78 Å². The normalized spacial score (nSPS) is 14.8. The maximum atomic E-state index is 12.3. The highest BCUT2D eigenvalue weighted by atomic mass is 16.1. The Morgan fingerprint density at radius 2 is 1.80 bits per heavy atom. The summed E-state index contributed by atoms with van der Waals surface area (Å²) >= 11 is 0. The van der Waals surface area contributed by atoms with Crippen molar-refractivity contribution in [3.63, 3.8) is 0 Å². The predicted octanol–water partition coefficient (Wildman–Crippen LogP) is 2.99. The average Bonchev–Trinajstić information content (AvgIpc) is 2.95. The molecular weight excluding hydrogens is 246 g/mol. The molecular formula is C18H19NO. The lowest BCUT2D eigenvalue weighted by Gasteiger charge is -2.11. The van der Waals surface area contributed by atoms with Crippen molar-refractivity contribution in [3.8, 4) is 0 Å². The van der Waals surface area contributed by atoms with Gasteiger partial charge in [-0.15, -0.1) is 0 Å². The van der Waals surface area contributed by atoms with Gasteiger partial charge in [0.2, 0.25) is 0 Å². The molecule has 1 atom stereocenters. The van der Waals surface area contributed by atoms with Gasteiger partial charge in [-0.2, -0.15) is 0 Å². The van der Waals surface area contributed by atoms with E-state index in [1.165, 1.54) is 24.0 Å². The SMILES string of the molecule is N[C@@H](C(=O)Cc1ccc2c(c1)CCC2)c1ccccc1. The number of Topliss-reactive ketones (excluding diaryl/α,β-unsaturated/α-hetero) is 1. The molecule has 0 aromatic heterocycles. The van der Waals surface area contributed by atoms with Crippen LogP contribution in [-0.2, 0) is 24.1 Å². The Hall–Kier alpha value is -1.93. The molecule has 0 fully saturated rings.